The highest BCUT2D eigenvalue weighted by Gasteiger charge is 2.07. The second-order valence-electron chi connectivity index (χ2n) is 5.41. The van der Waals surface area contributed by atoms with Gasteiger partial charge in [0.25, 0.3) is 0 Å². The molecule has 0 aliphatic rings. The predicted octanol–water partition coefficient (Wildman–Crippen LogP) is 4.97. The molecular formula is C18H23FN2. The van der Waals surface area contributed by atoms with Crippen molar-refractivity contribution >= 4 is 0 Å². The molecule has 0 saturated carbocycles. The van der Waals surface area contributed by atoms with E-state index in [1.165, 1.54) is 12.8 Å². The summed E-state index contributed by atoms with van der Waals surface area (Å²) in [7, 11) is 0. The molecule has 0 aliphatic carbocycles. The third kappa shape index (κ3) is 4.35. The highest BCUT2D eigenvalue weighted by atomic mass is 19.1. The van der Waals surface area contributed by atoms with Crippen LogP contribution in [-0.2, 0) is 12.8 Å². The molecule has 0 aliphatic heterocycles. The van der Waals surface area contributed by atoms with Crippen LogP contribution in [0.25, 0.3) is 11.1 Å². The molecule has 2 nitrogen and oxygen atoms in total. The summed E-state index contributed by atoms with van der Waals surface area (Å²) in [6, 6.07) is 5.43. The molecule has 0 spiro atoms. The van der Waals surface area contributed by atoms with Gasteiger partial charge in [0.15, 0.2) is 0 Å². The average Bonchev–Trinajstić information content (AvgIpc) is 2.49. The highest BCUT2D eigenvalue weighted by molar-refractivity contribution is 5.62. The van der Waals surface area contributed by atoms with Crippen LogP contribution in [0.4, 0.5) is 4.39 Å². The van der Waals surface area contributed by atoms with E-state index in [9.17, 15) is 4.39 Å². The van der Waals surface area contributed by atoms with Gasteiger partial charge < -0.3 is 0 Å². The quantitative estimate of drug-likeness (QED) is 0.672. The summed E-state index contributed by atoms with van der Waals surface area (Å²) in [6.07, 6.45) is 9.77. The standard InChI is InChI=1S/C18H23FN2/c1-3-5-6-8-18-20-12-15(13-21-18)16-10-9-14(7-4-2)11-17(16)19/h9-13H,3-8H2,1-2H3. The van der Waals surface area contributed by atoms with Gasteiger partial charge in [0, 0.05) is 29.9 Å². The van der Waals surface area contributed by atoms with Crippen molar-refractivity contribution in [3.8, 4) is 11.1 Å². The topological polar surface area (TPSA) is 25.8 Å². The van der Waals surface area contributed by atoms with E-state index >= 15 is 0 Å². The SMILES string of the molecule is CCCCCc1ncc(-c2ccc(CCC)cc2F)cn1. The van der Waals surface area contributed by atoms with Crippen molar-refractivity contribution in [2.24, 2.45) is 0 Å². The maximum atomic E-state index is 14.2. The zero-order valence-electron chi connectivity index (χ0n) is 12.9. The molecule has 112 valence electrons. The molecule has 2 rings (SSSR count). The Morgan fingerprint density at radius 3 is 2.33 bits per heavy atom. The van der Waals surface area contributed by atoms with Crippen LogP contribution >= 0.6 is 0 Å². The molecule has 0 fully saturated rings. The van der Waals surface area contributed by atoms with Crippen LogP contribution in [0.3, 0.4) is 0 Å². The molecular weight excluding hydrogens is 263 g/mol. The van der Waals surface area contributed by atoms with E-state index in [0.29, 0.717) is 5.56 Å². The summed E-state index contributed by atoms with van der Waals surface area (Å²) in [6.45, 7) is 4.27. The largest absolute Gasteiger partial charge is 0.241 e. The molecule has 0 N–H and O–H groups in total. The third-order valence-corrected chi connectivity index (χ3v) is 3.59. The first-order valence-electron chi connectivity index (χ1n) is 7.84. The minimum Gasteiger partial charge on any atom is -0.241 e. The van der Waals surface area contributed by atoms with E-state index in [-0.39, 0.29) is 5.82 Å². The van der Waals surface area contributed by atoms with E-state index in [1.54, 1.807) is 18.5 Å². The predicted molar refractivity (Wildman–Crippen MR) is 84.7 cm³/mol. The first-order chi connectivity index (χ1) is 10.2. The Morgan fingerprint density at radius 1 is 0.952 bits per heavy atom. The average molecular weight is 286 g/mol. The zero-order valence-corrected chi connectivity index (χ0v) is 12.9. The van der Waals surface area contributed by atoms with Gasteiger partial charge in [-0.25, -0.2) is 14.4 Å². The number of rotatable bonds is 7. The van der Waals surface area contributed by atoms with Gasteiger partial charge in [0.1, 0.15) is 11.6 Å². The second-order valence-corrected chi connectivity index (χ2v) is 5.41. The fourth-order valence-electron chi connectivity index (χ4n) is 2.39. The zero-order chi connectivity index (χ0) is 15.1. The number of hydrogen-bond acceptors (Lipinski definition) is 2. The molecule has 3 heteroatoms. The molecule has 1 aromatic carbocycles. The van der Waals surface area contributed by atoms with Crippen molar-refractivity contribution in [3.63, 3.8) is 0 Å². The summed E-state index contributed by atoms with van der Waals surface area (Å²) >= 11 is 0. The normalized spacial score (nSPS) is 10.8. The van der Waals surface area contributed by atoms with Gasteiger partial charge in [-0.15, -0.1) is 0 Å². The number of aryl methyl sites for hydroxylation is 2. The molecule has 1 aromatic heterocycles. The molecule has 0 amide bonds. The lowest BCUT2D eigenvalue weighted by atomic mass is 10.0. The van der Waals surface area contributed by atoms with E-state index in [1.807, 2.05) is 12.1 Å². The molecule has 2 aromatic rings. The summed E-state index contributed by atoms with van der Waals surface area (Å²) in [5, 5.41) is 0. The molecule has 0 bridgehead atoms. The van der Waals surface area contributed by atoms with Crippen molar-refractivity contribution in [1.82, 2.24) is 9.97 Å². The van der Waals surface area contributed by atoms with Gasteiger partial charge in [-0.2, -0.15) is 0 Å². The highest BCUT2D eigenvalue weighted by Crippen LogP contribution is 2.23. The van der Waals surface area contributed by atoms with Gasteiger partial charge in [-0.3, -0.25) is 0 Å². The minimum absolute atomic E-state index is 0.191. The maximum Gasteiger partial charge on any atom is 0.131 e. The molecule has 1 heterocycles. The Balaban J connectivity index is 2.11. The first kappa shape index (κ1) is 15.6. The van der Waals surface area contributed by atoms with Gasteiger partial charge in [-0.1, -0.05) is 45.2 Å². The number of halogens is 1. The number of benzene rings is 1. The van der Waals surface area contributed by atoms with Gasteiger partial charge >= 0.3 is 0 Å². The van der Waals surface area contributed by atoms with Crippen LogP contribution in [0.5, 0.6) is 0 Å². The second kappa shape index (κ2) is 7.87. The summed E-state index contributed by atoms with van der Waals surface area (Å²) in [4.78, 5) is 8.70. The summed E-state index contributed by atoms with van der Waals surface area (Å²) in [5.74, 6) is 0.651. The van der Waals surface area contributed by atoms with E-state index in [0.717, 1.165) is 42.6 Å². The lowest BCUT2D eigenvalue weighted by Gasteiger charge is -2.06. The van der Waals surface area contributed by atoms with Gasteiger partial charge in [0.05, 0.1) is 0 Å². The maximum absolute atomic E-state index is 14.2. The first-order valence-corrected chi connectivity index (χ1v) is 7.84. The number of unbranched alkanes of at least 4 members (excludes halogenated alkanes) is 2. The lowest BCUT2D eigenvalue weighted by molar-refractivity contribution is 0.628. The fourth-order valence-corrected chi connectivity index (χ4v) is 2.39. The van der Waals surface area contributed by atoms with E-state index in [4.69, 9.17) is 0 Å². The Labute approximate surface area is 126 Å². The van der Waals surface area contributed by atoms with Crippen LogP contribution in [0.15, 0.2) is 30.6 Å². The Kier molecular flexibility index (Phi) is 5.85. The number of aromatic nitrogens is 2. The van der Waals surface area contributed by atoms with Crippen LogP contribution in [-0.4, -0.2) is 9.97 Å². The van der Waals surface area contributed by atoms with E-state index in [2.05, 4.69) is 23.8 Å². The van der Waals surface area contributed by atoms with Crippen molar-refractivity contribution < 1.29 is 4.39 Å². The van der Waals surface area contributed by atoms with Crippen molar-refractivity contribution in [3.05, 3.63) is 47.8 Å². The van der Waals surface area contributed by atoms with Crippen molar-refractivity contribution in [1.29, 1.82) is 0 Å². The molecule has 21 heavy (non-hydrogen) atoms. The Bertz CT molecular complexity index is 564. The Morgan fingerprint density at radius 2 is 1.71 bits per heavy atom. The van der Waals surface area contributed by atoms with Crippen LogP contribution in [0, 0.1) is 5.82 Å². The third-order valence-electron chi connectivity index (χ3n) is 3.59. The van der Waals surface area contributed by atoms with Gasteiger partial charge in [-0.05, 0) is 24.5 Å². The van der Waals surface area contributed by atoms with Crippen LogP contribution < -0.4 is 0 Å². The van der Waals surface area contributed by atoms with E-state index < -0.39 is 0 Å². The van der Waals surface area contributed by atoms with Crippen molar-refractivity contribution in [2.45, 2.75) is 52.4 Å². The van der Waals surface area contributed by atoms with Crippen molar-refractivity contribution in [2.75, 3.05) is 0 Å². The van der Waals surface area contributed by atoms with Gasteiger partial charge in [0.2, 0.25) is 0 Å². The molecule has 0 unspecified atom stereocenters. The lowest BCUT2D eigenvalue weighted by Crippen LogP contribution is -1.96. The molecule has 0 atom stereocenters. The number of nitrogens with zero attached hydrogens (tertiary/aromatic N) is 2. The van der Waals surface area contributed by atoms with Crippen LogP contribution in [0.1, 0.15) is 50.9 Å². The molecule has 0 saturated heterocycles. The summed E-state index contributed by atoms with van der Waals surface area (Å²) in [5.41, 5.74) is 2.36. The fraction of sp³-hybridized carbons (Fsp3) is 0.444. The number of hydrogen-bond donors (Lipinski definition) is 0. The monoisotopic (exact) mass is 286 g/mol. The van der Waals surface area contributed by atoms with Crippen LogP contribution in [0.2, 0.25) is 0 Å². The summed E-state index contributed by atoms with van der Waals surface area (Å²) < 4.78 is 14.2. The molecule has 0 radical (unpaired) electrons. The minimum atomic E-state index is -0.191. The Hall–Kier alpha value is -1.77. The smallest absolute Gasteiger partial charge is 0.131 e.